The lowest BCUT2D eigenvalue weighted by Crippen LogP contribution is -2.31. The lowest BCUT2D eigenvalue weighted by Gasteiger charge is -2.18. The van der Waals surface area contributed by atoms with Gasteiger partial charge in [0.1, 0.15) is 11.9 Å². The lowest BCUT2D eigenvalue weighted by molar-refractivity contribution is 0.545. The van der Waals surface area contributed by atoms with Gasteiger partial charge in [0.05, 0.1) is 0 Å². The van der Waals surface area contributed by atoms with Crippen LogP contribution in [0, 0.1) is 13.8 Å². The quantitative estimate of drug-likeness (QED) is 0.640. The van der Waals surface area contributed by atoms with Crippen molar-refractivity contribution in [2.75, 3.05) is 0 Å². The molecule has 0 radical (unpaired) electrons. The molecule has 1 atom stereocenters. The van der Waals surface area contributed by atoms with E-state index in [2.05, 4.69) is 53.9 Å². The van der Waals surface area contributed by atoms with E-state index in [-0.39, 0.29) is 6.04 Å². The predicted octanol–water partition coefficient (Wildman–Crippen LogP) is 2.46. The molecular weight excluding hydrogens is 236 g/mol. The Hall–Kier alpha value is -1.65. The van der Waals surface area contributed by atoms with Crippen LogP contribution < -0.4 is 11.3 Å². The SMILES string of the molecule is CCCn1ccnc1C(NN)c1cc(C)cc(C)c1. The topological polar surface area (TPSA) is 55.9 Å². The second-order valence-electron chi connectivity index (χ2n) is 5.00. The number of imidazole rings is 1. The first kappa shape index (κ1) is 13.8. The highest BCUT2D eigenvalue weighted by Gasteiger charge is 2.18. The van der Waals surface area contributed by atoms with Gasteiger partial charge in [0.25, 0.3) is 0 Å². The van der Waals surface area contributed by atoms with E-state index in [0.29, 0.717) is 0 Å². The maximum absolute atomic E-state index is 5.76. The molecule has 1 aromatic heterocycles. The summed E-state index contributed by atoms with van der Waals surface area (Å²) < 4.78 is 2.15. The summed E-state index contributed by atoms with van der Waals surface area (Å²) in [5, 5.41) is 0. The van der Waals surface area contributed by atoms with Crippen molar-refractivity contribution in [2.24, 2.45) is 5.84 Å². The molecule has 1 heterocycles. The van der Waals surface area contributed by atoms with Crippen LogP contribution in [-0.4, -0.2) is 9.55 Å². The van der Waals surface area contributed by atoms with Gasteiger partial charge in [0, 0.05) is 18.9 Å². The van der Waals surface area contributed by atoms with Crippen LogP contribution in [0.15, 0.2) is 30.6 Å². The average molecular weight is 258 g/mol. The van der Waals surface area contributed by atoms with Crippen LogP contribution in [0.25, 0.3) is 0 Å². The molecule has 102 valence electrons. The number of aromatic nitrogens is 2. The summed E-state index contributed by atoms with van der Waals surface area (Å²) in [5.74, 6) is 6.72. The second kappa shape index (κ2) is 5.99. The van der Waals surface area contributed by atoms with Crippen molar-refractivity contribution in [2.45, 2.75) is 39.8 Å². The average Bonchev–Trinajstić information content (AvgIpc) is 2.78. The molecule has 2 aromatic rings. The molecule has 0 aliphatic heterocycles. The van der Waals surface area contributed by atoms with Gasteiger partial charge in [0.2, 0.25) is 0 Å². The number of nitrogens with two attached hydrogens (primary N) is 1. The number of nitrogens with zero attached hydrogens (tertiary/aromatic N) is 2. The minimum Gasteiger partial charge on any atom is -0.333 e. The Morgan fingerprint density at radius 3 is 2.53 bits per heavy atom. The van der Waals surface area contributed by atoms with Crippen molar-refractivity contribution in [3.63, 3.8) is 0 Å². The highest BCUT2D eigenvalue weighted by Crippen LogP contribution is 2.22. The summed E-state index contributed by atoms with van der Waals surface area (Å²) in [5.41, 5.74) is 6.53. The third-order valence-electron chi connectivity index (χ3n) is 3.21. The molecule has 0 fully saturated rings. The summed E-state index contributed by atoms with van der Waals surface area (Å²) in [6.07, 6.45) is 4.91. The molecule has 0 bridgehead atoms. The molecule has 19 heavy (non-hydrogen) atoms. The van der Waals surface area contributed by atoms with Gasteiger partial charge < -0.3 is 4.57 Å². The van der Waals surface area contributed by atoms with Crippen LogP contribution in [0.4, 0.5) is 0 Å². The van der Waals surface area contributed by atoms with E-state index >= 15 is 0 Å². The molecule has 0 aliphatic rings. The Bertz CT molecular complexity index is 525. The fourth-order valence-corrected chi connectivity index (χ4v) is 2.51. The van der Waals surface area contributed by atoms with Crippen molar-refractivity contribution in [1.82, 2.24) is 15.0 Å². The lowest BCUT2D eigenvalue weighted by atomic mass is 10.0. The number of hydrazine groups is 1. The van der Waals surface area contributed by atoms with E-state index in [1.807, 2.05) is 12.4 Å². The largest absolute Gasteiger partial charge is 0.333 e. The fourth-order valence-electron chi connectivity index (χ4n) is 2.51. The fraction of sp³-hybridized carbons (Fsp3) is 0.400. The van der Waals surface area contributed by atoms with Crippen molar-refractivity contribution < 1.29 is 0 Å². The second-order valence-corrected chi connectivity index (χ2v) is 5.00. The van der Waals surface area contributed by atoms with Gasteiger partial charge in [-0.05, 0) is 25.8 Å². The van der Waals surface area contributed by atoms with E-state index in [9.17, 15) is 0 Å². The summed E-state index contributed by atoms with van der Waals surface area (Å²) in [7, 11) is 0. The molecule has 1 unspecified atom stereocenters. The van der Waals surface area contributed by atoms with Crippen LogP contribution in [0.2, 0.25) is 0 Å². The van der Waals surface area contributed by atoms with Gasteiger partial charge >= 0.3 is 0 Å². The molecule has 0 aliphatic carbocycles. The number of hydrogen-bond donors (Lipinski definition) is 2. The van der Waals surface area contributed by atoms with Crippen LogP contribution >= 0.6 is 0 Å². The molecule has 0 saturated heterocycles. The highest BCUT2D eigenvalue weighted by molar-refractivity contribution is 5.33. The summed E-state index contributed by atoms with van der Waals surface area (Å²) >= 11 is 0. The minimum absolute atomic E-state index is 0.0693. The third-order valence-corrected chi connectivity index (χ3v) is 3.21. The number of rotatable bonds is 5. The number of nitrogens with one attached hydrogen (secondary N) is 1. The predicted molar refractivity (Wildman–Crippen MR) is 77.6 cm³/mol. The van der Waals surface area contributed by atoms with Crippen LogP contribution in [0.3, 0.4) is 0 Å². The van der Waals surface area contributed by atoms with Gasteiger partial charge in [-0.1, -0.05) is 36.2 Å². The number of hydrogen-bond acceptors (Lipinski definition) is 3. The van der Waals surface area contributed by atoms with Crippen LogP contribution in [-0.2, 0) is 6.54 Å². The number of benzene rings is 1. The zero-order valence-electron chi connectivity index (χ0n) is 11.9. The summed E-state index contributed by atoms with van der Waals surface area (Å²) in [6, 6.07) is 6.40. The van der Waals surface area contributed by atoms with Crippen molar-refractivity contribution in [3.8, 4) is 0 Å². The van der Waals surface area contributed by atoms with Crippen molar-refractivity contribution in [1.29, 1.82) is 0 Å². The molecule has 1 aromatic carbocycles. The Labute approximate surface area is 114 Å². The van der Waals surface area contributed by atoms with Crippen molar-refractivity contribution >= 4 is 0 Å². The molecule has 4 nitrogen and oxygen atoms in total. The Kier molecular flexibility index (Phi) is 4.35. The maximum atomic E-state index is 5.76. The van der Waals surface area contributed by atoms with Gasteiger partial charge in [-0.2, -0.15) is 0 Å². The molecule has 4 heteroatoms. The first-order valence-corrected chi connectivity index (χ1v) is 6.71. The van der Waals surface area contributed by atoms with Gasteiger partial charge in [-0.3, -0.25) is 5.84 Å². The summed E-state index contributed by atoms with van der Waals surface area (Å²) in [4.78, 5) is 4.46. The Morgan fingerprint density at radius 2 is 1.95 bits per heavy atom. The van der Waals surface area contributed by atoms with E-state index in [1.54, 1.807) is 0 Å². The normalized spacial score (nSPS) is 12.6. The molecule has 3 N–H and O–H groups in total. The standard InChI is InChI=1S/C15H22N4/c1-4-6-19-7-5-17-15(19)14(18-16)13-9-11(2)8-12(3)10-13/h5,7-10,14,18H,4,6,16H2,1-3H3. The van der Waals surface area contributed by atoms with Gasteiger partial charge in [-0.25, -0.2) is 10.4 Å². The summed E-state index contributed by atoms with van der Waals surface area (Å²) in [6.45, 7) is 7.31. The smallest absolute Gasteiger partial charge is 0.131 e. The monoisotopic (exact) mass is 258 g/mol. The van der Waals surface area contributed by atoms with E-state index in [0.717, 1.165) is 24.4 Å². The molecule has 2 rings (SSSR count). The maximum Gasteiger partial charge on any atom is 0.131 e. The third kappa shape index (κ3) is 3.03. The van der Waals surface area contributed by atoms with Crippen molar-refractivity contribution in [3.05, 3.63) is 53.1 Å². The van der Waals surface area contributed by atoms with Gasteiger partial charge in [0.15, 0.2) is 0 Å². The first-order valence-electron chi connectivity index (χ1n) is 6.71. The number of aryl methyl sites for hydroxylation is 3. The zero-order chi connectivity index (χ0) is 13.8. The Balaban J connectivity index is 2.40. The molecule has 0 spiro atoms. The van der Waals surface area contributed by atoms with Crippen LogP contribution in [0.1, 0.15) is 41.9 Å². The molecule has 0 amide bonds. The van der Waals surface area contributed by atoms with Gasteiger partial charge in [-0.15, -0.1) is 0 Å². The highest BCUT2D eigenvalue weighted by atomic mass is 15.3. The van der Waals surface area contributed by atoms with Crippen LogP contribution in [0.5, 0.6) is 0 Å². The Morgan fingerprint density at radius 1 is 1.26 bits per heavy atom. The first-order chi connectivity index (χ1) is 9.15. The van der Waals surface area contributed by atoms with E-state index in [4.69, 9.17) is 5.84 Å². The minimum atomic E-state index is -0.0693. The molecule has 0 saturated carbocycles. The van der Waals surface area contributed by atoms with E-state index in [1.165, 1.54) is 11.1 Å². The zero-order valence-corrected chi connectivity index (χ0v) is 11.9. The van der Waals surface area contributed by atoms with E-state index < -0.39 is 0 Å². The molecular formula is C15H22N4.